The smallest absolute Gasteiger partial charge is 0.0537 e. The highest BCUT2D eigenvalue weighted by atomic mass is 16.5. The van der Waals surface area contributed by atoms with Crippen LogP contribution in [0, 0.1) is 6.92 Å². The van der Waals surface area contributed by atoms with Gasteiger partial charge >= 0.3 is 0 Å². The second-order valence-electron chi connectivity index (χ2n) is 3.83. The van der Waals surface area contributed by atoms with Crippen LogP contribution in [-0.4, -0.2) is 30.5 Å². The molecule has 0 amide bonds. The van der Waals surface area contributed by atoms with E-state index in [1.165, 1.54) is 5.56 Å². The number of methoxy groups -OCH3 is 1. The molecule has 0 aliphatic rings. The van der Waals surface area contributed by atoms with E-state index in [9.17, 15) is 0 Å². The van der Waals surface area contributed by atoms with E-state index in [1.54, 1.807) is 7.11 Å². The summed E-state index contributed by atoms with van der Waals surface area (Å²) in [6.07, 6.45) is 4.15. The highest BCUT2D eigenvalue weighted by Gasteiger charge is 2.08. The minimum absolute atomic E-state index is 0.367. The Hall–Kier alpha value is -0.870. The topological polar surface area (TPSA) is 49.9 Å². The van der Waals surface area contributed by atoms with Gasteiger partial charge in [0.05, 0.1) is 6.20 Å². The lowest BCUT2D eigenvalue weighted by atomic mass is 10.1. The molecule has 1 atom stereocenters. The number of H-pyrrole nitrogens is 1. The van der Waals surface area contributed by atoms with Crippen LogP contribution in [0.3, 0.4) is 0 Å². The molecule has 0 aliphatic carbocycles. The van der Waals surface area contributed by atoms with Crippen molar-refractivity contribution in [2.45, 2.75) is 32.7 Å². The standard InChI is InChI=1S/C11H21N3O/c1-9(11-8-13-14-10(11)2)12-6-4-5-7-15-3/h8-9,12H,4-7H2,1-3H3,(H,13,14). The van der Waals surface area contributed by atoms with Gasteiger partial charge in [-0.1, -0.05) is 0 Å². The van der Waals surface area contributed by atoms with Crippen molar-refractivity contribution in [3.05, 3.63) is 17.5 Å². The van der Waals surface area contributed by atoms with Gasteiger partial charge in [-0.2, -0.15) is 5.10 Å². The molecule has 0 bridgehead atoms. The number of unbranched alkanes of at least 4 members (excludes halogenated alkanes) is 1. The number of aryl methyl sites for hydroxylation is 1. The second-order valence-corrected chi connectivity index (χ2v) is 3.83. The zero-order valence-corrected chi connectivity index (χ0v) is 9.84. The van der Waals surface area contributed by atoms with Crippen LogP contribution in [0.2, 0.25) is 0 Å². The molecular formula is C11H21N3O. The number of hydrogen-bond acceptors (Lipinski definition) is 3. The maximum Gasteiger partial charge on any atom is 0.0537 e. The van der Waals surface area contributed by atoms with Crippen LogP contribution in [0.25, 0.3) is 0 Å². The third-order valence-corrected chi connectivity index (χ3v) is 2.56. The Morgan fingerprint density at radius 2 is 2.33 bits per heavy atom. The van der Waals surface area contributed by atoms with Gasteiger partial charge in [0.2, 0.25) is 0 Å². The third-order valence-electron chi connectivity index (χ3n) is 2.56. The van der Waals surface area contributed by atoms with Crippen LogP contribution in [0.15, 0.2) is 6.20 Å². The first-order chi connectivity index (χ1) is 7.25. The molecule has 1 aromatic rings. The highest BCUT2D eigenvalue weighted by molar-refractivity contribution is 5.18. The summed E-state index contributed by atoms with van der Waals surface area (Å²) in [5, 5.41) is 10.4. The van der Waals surface area contributed by atoms with Crippen molar-refractivity contribution in [1.29, 1.82) is 0 Å². The SMILES string of the molecule is COCCCCNC(C)c1cn[nH]c1C. The Labute approximate surface area is 91.4 Å². The highest BCUT2D eigenvalue weighted by Crippen LogP contribution is 2.13. The maximum absolute atomic E-state index is 5.00. The molecule has 1 heterocycles. The molecule has 0 spiro atoms. The zero-order chi connectivity index (χ0) is 11.1. The van der Waals surface area contributed by atoms with Gasteiger partial charge in [-0.15, -0.1) is 0 Å². The normalized spacial score (nSPS) is 13.0. The minimum atomic E-state index is 0.367. The third kappa shape index (κ3) is 4.01. The number of ether oxygens (including phenoxy) is 1. The van der Waals surface area contributed by atoms with E-state index in [4.69, 9.17) is 4.74 Å². The van der Waals surface area contributed by atoms with Gasteiger partial charge < -0.3 is 10.1 Å². The molecule has 0 aromatic carbocycles. The van der Waals surface area contributed by atoms with Crippen molar-refractivity contribution in [2.24, 2.45) is 0 Å². The zero-order valence-electron chi connectivity index (χ0n) is 9.84. The summed E-state index contributed by atoms with van der Waals surface area (Å²) < 4.78 is 5.00. The van der Waals surface area contributed by atoms with Crippen LogP contribution in [-0.2, 0) is 4.74 Å². The molecule has 0 saturated heterocycles. The van der Waals surface area contributed by atoms with Crippen LogP contribution in [0.5, 0.6) is 0 Å². The van der Waals surface area contributed by atoms with Gasteiger partial charge in [-0.3, -0.25) is 5.10 Å². The monoisotopic (exact) mass is 211 g/mol. The first-order valence-electron chi connectivity index (χ1n) is 5.48. The van der Waals surface area contributed by atoms with Gasteiger partial charge in [-0.25, -0.2) is 0 Å². The molecule has 4 heteroatoms. The number of nitrogens with one attached hydrogen (secondary N) is 2. The molecule has 1 unspecified atom stereocenters. The van der Waals surface area contributed by atoms with Crippen LogP contribution in [0.4, 0.5) is 0 Å². The molecule has 0 radical (unpaired) electrons. The molecule has 4 nitrogen and oxygen atoms in total. The van der Waals surface area contributed by atoms with E-state index in [0.717, 1.165) is 31.7 Å². The average Bonchev–Trinajstić information content (AvgIpc) is 2.64. The lowest BCUT2D eigenvalue weighted by molar-refractivity contribution is 0.192. The minimum Gasteiger partial charge on any atom is -0.385 e. The number of aromatic nitrogens is 2. The fourth-order valence-corrected chi connectivity index (χ4v) is 1.60. The second kappa shape index (κ2) is 6.58. The van der Waals surface area contributed by atoms with Crippen molar-refractivity contribution in [2.75, 3.05) is 20.3 Å². The van der Waals surface area contributed by atoms with Crippen molar-refractivity contribution in [3.8, 4) is 0 Å². The summed E-state index contributed by atoms with van der Waals surface area (Å²) in [5.41, 5.74) is 2.40. The van der Waals surface area contributed by atoms with Crippen LogP contribution in [0.1, 0.15) is 37.1 Å². The number of aromatic amines is 1. The van der Waals surface area contributed by atoms with Crippen molar-refractivity contribution in [3.63, 3.8) is 0 Å². The Morgan fingerprint density at radius 1 is 1.53 bits per heavy atom. The van der Waals surface area contributed by atoms with E-state index in [-0.39, 0.29) is 0 Å². The molecule has 15 heavy (non-hydrogen) atoms. The average molecular weight is 211 g/mol. The Balaban J connectivity index is 2.19. The molecular weight excluding hydrogens is 190 g/mol. The van der Waals surface area contributed by atoms with Crippen molar-refractivity contribution in [1.82, 2.24) is 15.5 Å². The van der Waals surface area contributed by atoms with E-state index < -0.39 is 0 Å². The maximum atomic E-state index is 5.00. The molecule has 1 aromatic heterocycles. The molecule has 2 N–H and O–H groups in total. The number of rotatable bonds is 7. The summed E-state index contributed by atoms with van der Waals surface area (Å²) in [6, 6.07) is 0.367. The van der Waals surface area contributed by atoms with Crippen LogP contribution >= 0.6 is 0 Å². The summed E-state index contributed by atoms with van der Waals surface area (Å²) in [7, 11) is 1.74. The lowest BCUT2D eigenvalue weighted by Crippen LogP contribution is -2.20. The van der Waals surface area contributed by atoms with E-state index >= 15 is 0 Å². The molecule has 0 aliphatic heterocycles. The molecule has 86 valence electrons. The van der Waals surface area contributed by atoms with Crippen molar-refractivity contribution < 1.29 is 4.74 Å². The summed E-state index contributed by atoms with van der Waals surface area (Å²) >= 11 is 0. The van der Waals surface area contributed by atoms with Gasteiger partial charge in [0.15, 0.2) is 0 Å². The van der Waals surface area contributed by atoms with Gasteiger partial charge in [0, 0.05) is 31.0 Å². The van der Waals surface area contributed by atoms with Gasteiger partial charge in [0.25, 0.3) is 0 Å². The van der Waals surface area contributed by atoms with Crippen LogP contribution < -0.4 is 5.32 Å². The van der Waals surface area contributed by atoms with E-state index in [1.807, 2.05) is 13.1 Å². The summed E-state index contributed by atoms with van der Waals surface area (Å²) in [4.78, 5) is 0. The fraction of sp³-hybridized carbons (Fsp3) is 0.727. The molecule has 0 saturated carbocycles. The molecule has 0 fully saturated rings. The predicted molar refractivity (Wildman–Crippen MR) is 60.9 cm³/mol. The Kier molecular flexibility index (Phi) is 5.36. The largest absolute Gasteiger partial charge is 0.385 e. The van der Waals surface area contributed by atoms with Gasteiger partial charge in [-0.05, 0) is 33.2 Å². The summed E-state index contributed by atoms with van der Waals surface area (Å²) in [5.74, 6) is 0. The van der Waals surface area contributed by atoms with E-state index in [2.05, 4.69) is 22.4 Å². The Bertz CT molecular complexity index is 273. The quantitative estimate of drug-likeness (QED) is 0.676. The molecule has 1 rings (SSSR count). The Morgan fingerprint density at radius 3 is 2.93 bits per heavy atom. The fourth-order valence-electron chi connectivity index (χ4n) is 1.60. The number of nitrogens with zero attached hydrogens (tertiary/aromatic N) is 1. The first kappa shape index (κ1) is 12.2. The van der Waals surface area contributed by atoms with Gasteiger partial charge in [0.1, 0.15) is 0 Å². The first-order valence-corrected chi connectivity index (χ1v) is 5.48. The lowest BCUT2D eigenvalue weighted by Gasteiger charge is -2.12. The predicted octanol–water partition coefficient (Wildman–Crippen LogP) is 1.80. The summed E-state index contributed by atoms with van der Waals surface area (Å²) in [6.45, 7) is 6.08. The van der Waals surface area contributed by atoms with Crippen molar-refractivity contribution >= 4 is 0 Å². The van der Waals surface area contributed by atoms with E-state index in [0.29, 0.717) is 6.04 Å². The number of hydrogen-bond donors (Lipinski definition) is 2.